The molecule has 0 radical (unpaired) electrons. The third-order valence-electron chi connectivity index (χ3n) is 1.72. The van der Waals surface area contributed by atoms with Crippen molar-refractivity contribution >= 4 is 5.97 Å². The van der Waals surface area contributed by atoms with E-state index < -0.39 is 0 Å². The lowest BCUT2D eigenvalue weighted by molar-refractivity contribution is 0.0525. The molecule has 0 amide bonds. The number of ether oxygens (including phenoxy) is 2. The zero-order chi connectivity index (χ0) is 11.3. The molecular weight excluding hydrogens is 192 g/mol. The van der Waals surface area contributed by atoms with Crippen molar-refractivity contribution in [1.29, 1.82) is 0 Å². The molecule has 0 unspecified atom stereocenters. The van der Waals surface area contributed by atoms with Crippen molar-refractivity contribution in [1.82, 2.24) is 0 Å². The standard InChI is InChI=1S/C12H16O3/c1-4-14-12(13)10-6-5-7-11(8-10)15-9(2)3/h5-9H,4H2,1-3H3. The predicted octanol–water partition coefficient (Wildman–Crippen LogP) is 2.65. The molecule has 15 heavy (non-hydrogen) atoms. The molecule has 82 valence electrons. The van der Waals surface area contributed by atoms with Crippen molar-refractivity contribution in [2.75, 3.05) is 6.61 Å². The van der Waals surface area contributed by atoms with Gasteiger partial charge in [0.05, 0.1) is 18.3 Å². The van der Waals surface area contributed by atoms with E-state index in [-0.39, 0.29) is 12.1 Å². The second-order valence-electron chi connectivity index (χ2n) is 3.41. The largest absolute Gasteiger partial charge is 0.491 e. The average molecular weight is 208 g/mol. The quantitative estimate of drug-likeness (QED) is 0.713. The fraction of sp³-hybridized carbons (Fsp3) is 0.417. The van der Waals surface area contributed by atoms with E-state index in [2.05, 4.69) is 0 Å². The molecule has 1 aromatic rings. The van der Waals surface area contributed by atoms with Crippen molar-refractivity contribution in [3.8, 4) is 5.75 Å². The Balaban J connectivity index is 2.78. The second kappa shape index (κ2) is 5.39. The first-order valence-corrected chi connectivity index (χ1v) is 5.07. The minimum Gasteiger partial charge on any atom is -0.491 e. The molecule has 0 aromatic heterocycles. The van der Waals surface area contributed by atoms with Crippen LogP contribution in [0.15, 0.2) is 24.3 Å². The lowest BCUT2D eigenvalue weighted by Crippen LogP contribution is -2.08. The van der Waals surface area contributed by atoms with E-state index in [0.717, 1.165) is 0 Å². The maximum absolute atomic E-state index is 11.4. The number of hydrogen-bond donors (Lipinski definition) is 0. The fourth-order valence-corrected chi connectivity index (χ4v) is 1.18. The van der Waals surface area contributed by atoms with Gasteiger partial charge in [-0.15, -0.1) is 0 Å². The van der Waals surface area contributed by atoms with Crippen molar-refractivity contribution in [3.05, 3.63) is 29.8 Å². The third-order valence-corrected chi connectivity index (χ3v) is 1.72. The molecule has 1 rings (SSSR count). The van der Waals surface area contributed by atoms with E-state index >= 15 is 0 Å². The van der Waals surface area contributed by atoms with Crippen LogP contribution in [0.4, 0.5) is 0 Å². The summed E-state index contributed by atoms with van der Waals surface area (Å²) >= 11 is 0. The van der Waals surface area contributed by atoms with Gasteiger partial charge in [0.15, 0.2) is 0 Å². The van der Waals surface area contributed by atoms with E-state index in [1.165, 1.54) is 0 Å². The Bertz CT molecular complexity index is 331. The van der Waals surface area contributed by atoms with E-state index in [0.29, 0.717) is 17.9 Å². The third kappa shape index (κ3) is 3.62. The van der Waals surface area contributed by atoms with Gasteiger partial charge in [0.2, 0.25) is 0 Å². The summed E-state index contributed by atoms with van der Waals surface area (Å²) < 4.78 is 10.4. The summed E-state index contributed by atoms with van der Waals surface area (Å²) in [7, 11) is 0. The summed E-state index contributed by atoms with van der Waals surface area (Å²) in [5, 5.41) is 0. The first-order chi connectivity index (χ1) is 7.13. The molecule has 0 atom stereocenters. The highest BCUT2D eigenvalue weighted by Crippen LogP contribution is 2.15. The Morgan fingerprint density at radius 1 is 1.40 bits per heavy atom. The van der Waals surface area contributed by atoms with Gasteiger partial charge in [-0.3, -0.25) is 0 Å². The molecule has 0 heterocycles. The van der Waals surface area contributed by atoms with Crippen LogP contribution in [0.3, 0.4) is 0 Å². The minimum atomic E-state index is -0.313. The first kappa shape index (κ1) is 11.6. The zero-order valence-corrected chi connectivity index (χ0v) is 9.32. The number of benzene rings is 1. The molecule has 0 aliphatic heterocycles. The topological polar surface area (TPSA) is 35.5 Å². The summed E-state index contributed by atoms with van der Waals surface area (Å²) in [4.78, 5) is 11.4. The van der Waals surface area contributed by atoms with Gasteiger partial charge in [0.25, 0.3) is 0 Å². The number of hydrogen-bond acceptors (Lipinski definition) is 3. The Morgan fingerprint density at radius 3 is 2.73 bits per heavy atom. The van der Waals surface area contributed by atoms with Gasteiger partial charge >= 0.3 is 5.97 Å². The maximum atomic E-state index is 11.4. The van der Waals surface area contributed by atoms with Gasteiger partial charge in [0, 0.05) is 0 Å². The Kier molecular flexibility index (Phi) is 4.16. The predicted molar refractivity (Wildman–Crippen MR) is 58.2 cm³/mol. The number of esters is 1. The molecule has 0 aliphatic carbocycles. The summed E-state index contributed by atoms with van der Waals surface area (Å²) in [5.74, 6) is 0.377. The summed E-state index contributed by atoms with van der Waals surface area (Å²) in [6.45, 7) is 6.05. The van der Waals surface area contributed by atoms with Crippen molar-refractivity contribution < 1.29 is 14.3 Å². The molecule has 3 heteroatoms. The lowest BCUT2D eigenvalue weighted by Gasteiger charge is -2.10. The molecule has 0 bridgehead atoms. The van der Waals surface area contributed by atoms with E-state index in [9.17, 15) is 4.79 Å². The Morgan fingerprint density at radius 2 is 2.13 bits per heavy atom. The summed E-state index contributed by atoms with van der Waals surface area (Å²) in [6.07, 6.45) is 0.0995. The summed E-state index contributed by atoms with van der Waals surface area (Å²) in [6, 6.07) is 7.01. The SMILES string of the molecule is CCOC(=O)c1cccc(OC(C)C)c1. The molecule has 0 saturated carbocycles. The van der Waals surface area contributed by atoms with Gasteiger partial charge in [-0.1, -0.05) is 6.07 Å². The molecule has 0 aliphatic rings. The molecule has 3 nitrogen and oxygen atoms in total. The van der Waals surface area contributed by atoms with Crippen LogP contribution in [0.5, 0.6) is 5.75 Å². The highest BCUT2D eigenvalue weighted by atomic mass is 16.5. The number of carbonyl (C=O) groups excluding carboxylic acids is 1. The van der Waals surface area contributed by atoms with Crippen molar-refractivity contribution in [3.63, 3.8) is 0 Å². The van der Waals surface area contributed by atoms with Gasteiger partial charge < -0.3 is 9.47 Å². The molecule has 0 fully saturated rings. The molecular formula is C12H16O3. The number of rotatable bonds is 4. The Hall–Kier alpha value is -1.51. The van der Waals surface area contributed by atoms with Crippen LogP contribution < -0.4 is 4.74 Å². The highest BCUT2D eigenvalue weighted by molar-refractivity contribution is 5.89. The highest BCUT2D eigenvalue weighted by Gasteiger charge is 2.07. The second-order valence-corrected chi connectivity index (χ2v) is 3.41. The molecule has 0 N–H and O–H groups in total. The van der Waals surface area contributed by atoms with Crippen molar-refractivity contribution in [2.45, 2.75) is 26.9 Å². The van der Waals surface area contributed by atoms with E-state index in [1.54, 1.807) is 25.1 Å². The first-order valence-electron chi connectivity index (χ1n) is 5.07. The van der Waals surface area contributed by atoms with Gasteiger partial charge in [-0.2, -0.15) is 0 Å². The smallest absolute Gasteiger partial charge is 0.338 e. The monoisotopic (exact) mass is 208 g/mol. The number of carbonyl (C=O) groups is 1. The van der Waals surface area contributed by atoms with Gasteiger partial charge in [-0.05, 0) is 39.0 Å². The van der Waals surface area contributed by atoms with Crippen LogP contribution >= 0.6 is 0 Å². The van der Waals surface area contributed by atoms with Crippen LogP contribution in [0, 0.1) is 0 Å². The molecule has 1 aromatic carbocycles. The van der Waals surface area contributed by atoms with E-state index in [1.807, 2.05) is 19.9 Å². The van der Waals surface area contributed by atoms with Crippen LogP contribution in [0.1, 0.15) is 31.1 Å². The molecule has 0 spiro atoms. The normalized spacial score (nSPS) is 10.1. The van der Waals surface area contributed by atoms with Gasteiger partial charge in [-0.25, -0.2) is 4.79 Å². The Labute approximate surface area is 90.0 Å². The summed E-state index contributed by atoms with van der Waals surface area (Å²) in [5.41, 5.74) is 0.523. The van der Waals surface area contributed by atoms with Crippen LogP contribution in [-0.2, 0) is 4.74 Å². The van der Waals surface area contributed by atoms with Crippen LogP contribution in [0.2, 0.25) is 0 Å². The zero-order valence-electron chi connectivity index (χ0n) is 9.32. The lowest BCUT2D eigenvalue weighted by atomic mass is 10.2. The van der Waals surface area contributed by atoms with Crippen molar-refractivity contribution in [2.24, 2.45) is 0 Å². The average Bonchev–Trinajstić information content (AvgIpc) is 2.17. The van der Waals surface area contributed by atoms with Crippen LogP contribution in [-0.4, -0.2) is 18.7 Å². The van der Waals surface area contributed by atoms with Crippen LogP contribution in [0.25, 0.3) is 0 Å². The maximum Gasteiger partial charge on any atom is 0.338 e. The molecule has 0 saturated heterocycles. The van der Waals surface area contributed by atoms with Gasteiger partial charge in [0.1, 0.15) is 5.75 Å². The van der Waals surface area contributed by atoms with E-state index in [4.69, 9.17) is 9.47 Å². The minimum absolute atomic E-state index is 0.0995. The fourth-order valence-electron chi connectivity index (χ4n) is 1.18.